The maximum absolute atomic E-state index is 11.8. The highest BCUT2D eigenvalue weighted by atomic mass is 79.9. The highest BCUT2D eigenvalue weighted by Crippen LogP contribution is 2.23. The van der Waals surface area contributed by atoms with Crippen molar-refractivity contribution in [2.45, 2.75) is 33.8 Å². The Balaban J connectivity index is 2.55. The van der Waals surface area contributed by atoms with Crippen LogP contribution in [0, 0.1) is 12.3 Å². The smallest absolute Gasteiger partial charge is 0.319 e. The van der Waals surface area contributed by atoms with Crippen molar-refractivity contribution in [1.29, 1.82) is 0 Å². The number of amides is 2. The summed E-state index contributed by atoms with van der Waals surface area (Å²) in [6.07, 6.45) is -0.582. The zero-order valence-corrected chi connectivity index (χ0v) is 13.3. The molecule has 0 spiro atoms. The molecule has 0 fully saturated rings. The van der Waals surface area contributed by atoms with Crippen LogP contribution in [0.15, 0.2) is 22.7 Å². The Labute approximate surface area is 122 Å². The molecule has 0 saturated carbocycles. The number of carbonyl (C=O) groups is 1. The largest absolute Gasteiger partial charge is 0.391 e. The summed E-state index contributed by atoms with van der Waals surface area (Å²) < 4.78 is 0.944. The van der Waals surface area contributed by atoms with Gasteiger partial charge >= 0.3 is 6.03 Å². The number of rotatable bonds is 3. The predicted octanol–water partition coefficient (Wildman–Crippen LogP) is 3.29. The van der Waals surface area contributed by atoms with Crippen molar-refractivity contribution in [3.63, 3.8) is 0 Å². The van der Waals surface area contributed by atoms with E-state index in [-0.39, 0.29) is 18.0 Å². The van der Waals surface area contributed by atoms with Crippen LogP contribution in [0.3, 0.4) is 0 Å². The molecule has 106 valence electrons. The summed E-state index contributed by atoms with van der Waals surface area (Å²) in [5, 5.41) is 15.3. The summed E-state index contributed by atoms with van der Waals surface area (Å²) in [4.78, 5) is 11.8. The van der Waals surface area contributed by atoms with Gasteiger partial charge in [0.2, 0.25) is 0 Å². The molecule has 3 N–H and O–H groups in total. The van der Waals surface area contributed by atoms with Crippen LogP contribution < -0.4 is 10.6 Å². The molecule has 4 nitrogen and oxygen atoms in total. The van der Waals surface area contributed by atoms with Gasteiger partial charge in [-0.05, 0) is 30.0 Å². The average molecular weight is 329 g/mol. The highest BCUT2D eigenvalue weighted by molar-refractivity contribution is 9.10. The number of hydrogen-bond donors (Lipinski definition) is 3. The van der Waals surface area contributed by atoms with E-state index in [0.717, 1.165) is 15.7 Å². The summed E-state index contributed by atoms with van der Waals surface area (Å²) in [7, 11) is 0. The maximum Gasteiger partial charge on any atom is 0.319 e. The van der Waals surface area contributed by atoms with Gasteiger partial charge in [-0.1, -0.05) is 42.8 Å². The fourth-order valence-corrected chi connectivity index (χ4v) is 1.77. The second kappa shape index (κ2) is 6.39. The molecule has 0 aliphatic heterocycles. The van der Waals surface area contributed by atoms with E-state index in [2.05, 4.69) is 26.6 Å². The molecule has 1 atom stereocenters. The topological polar surface area (TPSA) is 61.4 Å². The van der Waals surface area contributed by atoms with Gasteiger partial charge in [-0.15, -0.1) is 0 Å². The lowest BCUT2D eigenvalue weighted by Crippen LogP contribution is -2.40. The zero-order valence-electron chi connectivity index (χ0n) is 11.7. The Morgan fingerprint density at radius 3 is 2.63 bits per heavy atom. The van der Waals surface area contributed by atoms with Crippen LogP contribution in [0.5, 0.6) is 0 Å². The molecule has 5 heteroatoms. The Bertz CT molecular complexity index is 455. The lowest BCUT2D eigenvalue weighted by atomic mass is 9.89. The van der Waals surface area contributed by atoms with Crippen LogP contribution in [0.25, 0.3) is 0 Å². The summed E-state index contributed by atoms with van der Waals surface area (Å²) >= 11 is 3.41. The number of aliphatic hydroxyl groups is 1. The first-order chi connectivity index (χ1) is 8.71. The van der Waals surface area contributed by atoms with Gasteiger partial charge in [-0.3, -0.25) is 0 Å². The van der Waals surface area contributed by atoms with Crippen molar-refractivity contribution < 1.29 is 9.90 Å². The molecular formula is C14H21BrN2O2. The second-order valence-corrected chi connectivity index (χ2v) is 6.48. The monoisotopic (exact) mass is 328 g/mol. The minimum absolute atomic E-state index is 0.225. The molecule has 0 bridgehead atoms. The van der Waals surface area contributed by atoms with Crippen molar-refractivity contribution in [3.05, 3.63) is 28.2 Å². The van der Waals surface area contributed by atoms with E-state index in [4.69, 9.17) is 0 Å². The fourth-order valence-electron chi connectivity index (χ4n) is 1.40. The van der Waals surface area contributed by atoms with Gasteiger partial charge < -0.3 is 15.7 Å². The SMILES string of the molecule is Cc1c(Br)cccc1NC(=O)NCC(O)C(C)(C)C. The number of anilines is 1. The summed E-state index contributed by atoms with van der Waals surface area (Å²) in [5.74, 6) is 0. The third-order valence-electron chi connectivity index (χ3n) is 2.97. The van der Waals surface area contributed by atoms with Gasteiger partial charge in [0.25, 0.3) is 0 Å². The number of urea groups is 1. The van der Waals surface area contributed by atoms with E-state index in [0.29, 0.717) is 0 Å². The lowest BCUT2D eigenvalue weighted by molar-refractivity contribution is 0.0654. The van der Waals surface area contributed by atoms with E-state index in [1.165, 1.54) is 0 Å². The van der Waals surface area contributed by atoms with E-state index >= 15 is 0 Å². The van der Waals surface area contributed by atoms with Crippen LogP contribution in [0.1, 0.15) is 26.3 Å². The van der Waals surface area contributed by atoms with Gasteiger partial charge in [-0.2, -0.15) is 0 Å². The van der Waals surface area contributed by atoms with Crippen LogP contribution in [-0.2, 0) is 0 Å². The molecule has 0 heterocycles. The summed E-state index contributed by atoms with van der Waals surface area (Å²) in [6.45, 7) is 7.92. The van der Waals surface area contributed by atoms with Gasteiger partial charge in [0.1, 0.15) is 0 Å². The molecule has 0 aliphatic rings. The average Bonchev–Trinajstić information content (AvgIpc) is 2.30. The van der Waals surface area contributed by atoms with Crippen LogP contribution >= 0.6 is 15.9 Å². The molecule has 0 aliphatic carbocycles. The molecule has 1 aromatic carbocycles. The summed E-state index contributed by atoms with van der Waals surface area (Å²) in [6, 6.07) is 5.29. The molecular weight excluding hydrogens is 308 g/mol. The molecule has 2 amide bonds. The number of halogens is 1. The van der Waals surface area contributed by atoms with Gasteiger partial charge in [0.05, 0.1) is 6.10 Å². The molecule has 0 saturated heterocycles. The van der Waals surface area contributed by atoms with E-state index in [1.807, 2.05) is 45.9 Å². The normalized spacial score (nSPS) is 12.9. The van der Waals surface area contributed by atoms with Gasteiger partial charge in [0, 0.05) is 16.7 Å². The summed E-state index contributed by atoms with van der Waals surface area (Å²) in [5.41, 5.74) is 1.46. The first kappa shape index (κ1) is 16.0. The van der Waals surface area contributed by atoms with E-state index in [9.17, 15) is 9.90 Å². The van der Waals surface area contributed by atoms with E-state index < -0.39 is 6.10 Å². The fraction of sp³-hybridized carbons (Fsp3) is 0.500. The Morgan fingerprint density at radius 2 is 2.05 bits per heavy atom. The Kier molecular flexibility index (Phi) is 5.38. The predicted molar refractivity (Wildman–Crippen MR) is 81.4 cm³/mol. The third kappa shape index (κ3) is 4.84. The molecule has 0 aromatic heterocycles. The molecule has 0 radical (unpaired) electrons. The zero-order chi connectivity index (χ0) is 14.6. The second-order valence-electron chi connectivity index (χ2n) is 5.63. The molecule has 1 rings (SSSR count). The Hall–Kier alpha value is -1.07. The number of benzene rings is 1. The third-order valence-corrected chi connectivity index (χ3v) is 3.83. The number of nitrogens with one attached hydrogen (secondary N) is 2. The number of carbonyl (C=O) groups excluding carboxylic acids is 1. The number of aliphatic hydroxyl groups excluding tert-OH is 1. The highest BCUT2D eigenvalue weighted by Gasteiger charge is 2.22. The van der Waals surface area contributed by atoms with Gasteiger partial charge in [0.15, 0.2) is 0 Å². The quantitative estimate of drug-likeness (QED) is 0.797. The number of hydrogen-bond acceptors (Lipinski definition) is 2. The molecule has 1 unspecified atom stereocenters. The maximum atomic E-state index is 11.8. The van der Waals surface area contributed by atoms with Gasteiger partial charge in [-0.25, -0.2) is 4.79 Å². The van der Waals surface area contributed by atoms with Crippen LogP contribution in [0.4, 0.5) is 10.5 Å². The standard InChI is InChI=1S/C14H21BrN2O2/c1-9-10(15)6-5-7-11(9)17-13(19)16-8-12(18)14(2,3)4/h5-7,12,18H,8H2,1-4H3,(H2,16,17,19). The first-order valence-electron chi connectivity index (χ1n) is 6.20. The molecule has 1 aromatic rings. The van der Waals surface area contributed by atoms with Crippen molar-refractivity contribution in [2.75, 3.05) is 11.9 Å². The van der Waals surface area contributed by atoms with E-state index in [1.54, 1.807) is 0 Å². The molecule has 19 heavy (non-hydrogen) atoms. The Morgan fingerprint density at radius 1 is 1.42 bits per heavy atom. The first-order valence-corrected chi connectivity index (χ1v) is 6.99. The minimum atomic E-state index is -0.582. The lowest BCUT2D eigenvalue weighted by Gasteiger charge is -2.26. The minimum Gasteiger partial charge on any atom is -0.391 e. The van der Waals surface area contributed by atoms with Crippen LogP contribution in [-0.4, -0.2) is 23.8 Å². The van der Waals surface area contributed by atoms with Crippen LogP contribution in [0.2, 0.25) is 0 Å². The van der Waals surface area contributed by atoms with Crippen molar-refractivity contribution in [2.24, 2.45) is 5.41 Å². The van der Waals surface area contributed by atoms with Crippen molar-refractivity contribution in [1.82, 2.24) is 5.32 Å². The van der Waals surface area contributed by atoms with Crippen molar-refractivity contribution >= 4 is 27.6 Å². The van der Waals surface area contributed by atoms with Crippen molar-refractivity contribution in [3.8, 4) is 0 Å².